The smallest absolute Gasteiger partial charge is 0.341 e. The lowest BCUT2D eigenvalue weighted by Crippen LogP contribution is -2.55. The molecule has 0 N–H and O–H groups in total. The quantitative estimate of drug-likeness (QED) is 0.254. The Balaban J connectivity index is 2.39. The molecule has 5 atom stereocenters. The first-order valence-corrected chi connectivity index (χ1v) is 15.8. The standard InChI is InChI=1S/C26H38O9Si/c1-15-16(2)24(33-19(5)29)26(35-23(15)17(3)27)34-22-10-9-20(14-32-18(4)28)13-21(22)25(30)31-11-12-36(6,7)8/h9-10,13,15-16,23-24,26H,11-12,14H2,1-8H3/t15-,16-,23-,24+,26+/m0/s1. The number of Topliss-reactive ketones (excluding diaryl/α,β-unsaturated/α-hetero) is 1. The zero-order chi connectivity index (χ0) is 27.2. The highest BCUT2D eigenvalue weighted by molar-refractivity contribution is 6.76. The predicted octanol–water partition coefficient (Wildman–Crippen LogP) is 4.14. The van der Waals surface area contributed by atoms with Crippen LogP contribution in [0.4, 0.5) is 0 Å². The minimum Gasteiger partial charge on any atom is -0.462 e. The van der Waals surface area contributed by atoms with Gasteiger partial charge in [-0.25, -0.2) is 4.79 Å². The van der Waals surface area contributed by atoms with Crippen molar-refractivity contribution in [2.24, 2.45) is 11.8 Å². The summed E-state index contributed by atoms with van der Waals surface area (Å²) in [6.45, 7) is 14.5. The normalized spacial score (nSPS) is 23.9. The van der Waals surface area contributed by atoms with Gasteiger partial charge in [0.1, 0.15) is 24.0 Å². The highest BCUT2D eigenvalue weighted by Gasteiger charge is 2.46. The molecule has 0 aromatic heterocycles. The summed E-state index contributed by atoms with van der Waals surface area (Å²) in [5.41, 5.74) is 0.686. The van der Waals surface area contributed by atoms with Crippen molar-refractivity contribution in [2.75, 3.05) is 6.61 Å². The fourth-order valence-electron chi connectivity index (χ4n) is 3.85. The summed E-state index contributed by atoms with van der Waals surface area (Å²) in [6, 6.07) is 5.52. The lowest BCUT2D eigenvalue weighted by Gasteiger charge is -2.42. The molecule has 10 heteroatoms. The molecule has 0 saturated carbocycles. The molecule has 1 aliphatic rings. The second-order valence-corrected chi connectivity index (χ2v) is 16.1. The summed E-state index contributed by atoms with van der Waals surface area (Å²) in [6.07, 6.45) is -2.68. The topological polar surface area (TPSA) is 114 Å². The average Bonchev–Trinajstić information content (AvgIpc) is 2.76. The van der Waals surface area contributed by atoms with Gasteiger partial charge in [0.15, 0.2) is 11.9 Å². The molecule has 0 radical (unpaired) electrons. The largest absolute Gasteiger partial charge is 0.462 e. The van der Waals surface area contributed by atoms with E-state index in [4.69, 9.17) is 23.7 Å². The van der Waals surface area contributed by atoms with Crippen LogP contribution >= 0.6 is 0 Å². The van der Waals surface area contributed by atoms with Crippen LogP contribution in [0, 0.1) is 11.8 Å². The van der Waals surface area contributed by atoms with Crippen LogP contribution < -0.4 is 4.74 Å². The van der Waals surface area contributed by atoms with Crippen molar-refractivity contribution < 1.29 is 42.9 Å². The third-order valence-corrected chi connectivity index (χ3v) is 7.82. The number of hydrogen-bond donors (Lipinski definition) is 0. The second kappa shape index (κ2) is 12.5. The lowest BCUT2D eigenvalue weighted by atomic mass is 9.82. The van der Waals surface area contributed by atoms with Gasteiger partial charge in [0.05, 0.1) is 6.61 Å². The Morgan fingerprint density at radius 2 is 1.61 bits per heavy atom. The maximum atomic E-state index is 13.1. The Hall–Kier alpha value is -2.72. The molecule has 36 heavy (non-hydrogen) atoms. The first kappa shape index (κ1) is 29.5. The fourth-order valence-corrected chi connectivity index (χ4v) is 4.57. The molecule has 1 heterocycles. The van der Waals surface area contributed by atoms with E-state index in [1.165, 1.54) is 26.8 Å². The van der Waals surface area contributed by atoms with Crippen molar-refractivity contribution in [3.05, 3.63) is 29.3 Å². The maximum absolute atomic E-state index is 13.1. The van der Waals surface area contributed by atoms with Crippen molar-refractivity contribution in [1.82, 2.24) is 0 Å². The van der Waals surface area contributed by atoms with E-state index in [0.29, 0.717) is 5.56 Å². The summed E-state index contributed by atoms with van der Waals surface area (Å²) in [7, 11) is -1.43. The summed E-state index contributed by atoms with van der Waals surface area (Å²) >= 11 is 0. The van der Waals surface area contributed by atoms with Gasteiger partial charge in [0, 0.05) is 27.8 Å². The minimum absolute atomic E-state index is 0.0260. The Morgan fingerprint density at radius 1 is 0.944 bits per heavy atom. The highest BCUT2D eigenvalue weighted by atomic mass is 28.3. The molecule has 200 valence electrons. The number of esters is 3. The van der Waals surface area contributed by atoms with E-state index < -0.39 is 44.5 Å². The van der Waals surface area contributed by atoms with Crippen LogP contribution in [0.15, 0.2) is 18.2 Å². The molecule has 0 unspecified atom stereocenters. The summed E-state index contributed by atoms with van der Waals surface area (Å²) in [4.78, 5) is 48.3. The maximum Gasteiger partial charge on any atom is 0.341 e. The number of ketones is 1. The lowest BCUT2D eigenvalue weighted by molar-refractivity contribution is -0.242. The molecule has 9 nitrogen and oxygen atoms in total. The molecule has 1 aliphatic heterocycles. The number of rotatable bonds is 10. The van der Waals surface area contributed by atoms with Gasteiger partial charge in [-0.2, -0.15) is 0 Å². The number of carbonyl (C=O) groups excluding carboxylic acids is 4. The van der Waals surface area contributed by atoms with Crippen LogP contribution in [0.3, 0.4) is 0 Å². The van der Waals surface area contributed by atoms with Gasteiger partial charge in [-0.1, -0.05) is 39.6 Å². The van der Waals surface area contributed by atoms with Crippen LogP contribution in [-0.4, -0.2) is 56.9 Å². The van der Waals surface area contributed by atoms with Crippen molar-refractivity contribution in [2.45, 2.75) is 85.4 Å². The van der Waals surface area contributed by atoms with Crippen LogP contribution in [0.2, 0.25) is 25.7 Å². The molecular formula is C26H38O9Si. The van der Waals surface area contributed by atoms with E-state index in [1.807, 2.05) is 13.8 Å². The van der Waals surface area contributed by atoms with Gasteiger partial charge in [0.25, 0.3) is 0 Å². The number of ether oxygens (including phenoxy) is 5. The monoisotopic (exact) mass is 522 g/mol. The summed E-state index contributed by atoms with van der Waals surface area (Å²) in [5.74, 6) is -2.07. The molecule has 0 aliphatic carbocycles. The predicted molar refractivity (Wildman–Crippen MR) is 134 cm³/mol. The Bertz CT molecular complexity index is 969. The molecule has 0 bridgehead atoms. The molecule has 0 spiro atoms. The first-order chi connectivity index (χ1) is 16.7. The van der Waals surface area contributed by atoms with E-state index in [9.17, 15) is 19.2 Å². The zero-order valence-electron chi connectivity index (χ0n) is 22.4. The van der Waals surface area contributed by atoms with E-state index in [2.05, 4.69) is 19.6 Å². The molecular weight excluding hydrogens is 484 g/mol. The van der Waals surface area contributed by atoms with Crippen molar-refractivity contribution in [3.8, 4) is 5.75 Å². The average molecular weight is 523 g/mol. The molecule has 2 rings (SSSR count). The Morgan fingerprint density at radius 3 is 2.17 bits per heavy atom. The van der Waals surface area contributed by atoms with Crippen LogP contribution in [0.25, 0.3) is 0 Å². The first-order valence-electron chi connectivity index (χ1n) is 12.1. The fraction of sp³-hybridized carbons (Fsp3) is 0.615. The van der Waals surface area contributed by atoms with Crippen LogP contribution in [-0.2, 0) is 39.9 Å². The minimum atomic E-state index is -1.43. The Labute approximate surface area is 213 Å². The van der Waals surface area contributed by atoms with E-state index in [-0.39, 0.29) is 42.1 Å². The van der Waals surface area contributed by atoms with Crippen LogP contribution in [0.1, 0.15) is 50.5 Å². The molecule has 1 saturated heterocycles. The second-order valence-electron chi connectivity index (χ2n) is 10.5. The van der Waals surface area contributed by atoms with Crippen molar-refractivity contribution >= 4 is 31.8 Å². The zero-order valence-corrected chi connectivity index (χ0v) is 23.4. The van der Waals surface area contributed by atoms with Crippen molar-refractivity contribution in [1.29, 1.82) is 0 Å². The summed E-state index contributed by atoms with van der Waals surface area (Å²) < 4.78 is 28.1. The van der Waals surface area contributed by atoms with Gasteiger partial charge in [0.2, 0.25) is 6.29 Å². The van der Waals surface area contributed by atoms with Gasteiger partial charge in [-0.3, -0.25) is 14.4 Å². The van der Waals surface area contributed by atoms with Crippen LogP contribution in [0.5, 0.6) is 5.75 Å². The highest BCUT2D eigenvalue weighted by Crippen LogP contribution is 2.35. The third-order valence-electron chi connectivity index (χ3n) is 6.11. The molecule has 1 aromatic rings. The van der Waals surface area contributed by atoms with E-state index in [0.717, 1.165) is 6.04 Å². The molecule has 0 amide bonds. The summed E-state index contributed by atoms with van der Waals surface area (Å²) in [5, 5.41) is 0. The van der Waals surface area contributed by atoms with Gasteiger partial charge >= 0.3 is 17.9 Å². The molecule has 1 fully saturated rings. The number of carbonyl (C=O) groups is 4. The van der Waals surface area contributed by atoms with Gasteiger partial charge in [-0.05, 0) is 36.6 Å². The third kappa shape index (κ3) is 8.44. The number of benzene rings is 1. The van der Waals surface area contributed by atoms with E-state index in [1.54, 1.807) is 12.1 Å². The Kier molecular flexibility index (Phi) is 10.2. The SMILES string of the molecule is CC(=O)OCc1ccc(O[C@@H]2O[C@H](C(C)=O)[C@@H](C)[C@H](C)[C@H]2OC(C)=O)c(C(=O)OCC[Si](C)(C)C)c1. The van der Waals surface area contributed by atoms with Gasteiger partial charge in [-0.15, -0.1) is 0 Å². The molecule has 1 aromatic carbocycles. The van der Waals surface area contributed by atoms with Crippen molar-refractivity contribution in [3.63, 3.8) is 0 Å². The van der Waals surface area contributed by atoms with Gasteiger partial charge < -0.3 is 23.7 Å². The van der Waals surface area contributed by atoms with E-state index >= 15 is 0 Å². The number of hydrogen-bond acceptors (Lipinski definition) is 9.